The van der Waals surface area contributed by atoms with Gasteiger partial charge in [-0.3, -0.25) is 4.79 Å². The normalized spacial score (nSPS) is 12.4. The van der Waals surface area contributed by atoms with E-state index in [-0.39, 0.29) is 11.7 Å². The maximum atomic E-state index is 12.0. The van der Waals surface area contributed by atoms with Gasteiger partial charge in [0, 0.05) is 11.9 Å². The molecule has 0 spiro atoms. The zero-order valence-electron chi connectivity index (χ0n) is 11.3. The molecule has 21 heavy (non-hydrogen) atoms. The second kappa shape index (κ2) is 5.85. The van der Waals surface area contributed by atoms with Crippen molar-refractivity contribution >= 4 is 16.9 Å². The third-order valence-corrected chi connectivity index (χ3v) is 3.22. The van der Waals surface area contributed by atoms with Crippen LogP contribution in [0.15, 0.2) is 57.6 Å². The first-order valence-electron chi connectivity index (χ1n) is 6.72. The first-order valence-corrected chi connectivity index (χ1v) is 6.72. The number of nitrogens with one attached hydrogen (secondary N) is 1. The largest absolute Gasteiger partial charge is 0.467 e. The Kier molecular flexibility index (Phi) is 3.75. The Morgan fingerprint density at radius 1 is 1.24 bits per heavy atom. The maximum Gasteiger partial charge on any atom is 0.287 e. The number of benzene rings is 1. The Balaban J connectivity index is 1.56. The summed E-state index contributed by atoms with van der Waals surface area (Å²) >= 11 is 0. The van der Waals surface area contributed by atoms with Gasteiger partial charge in [0.25, 0.3) is 5.91 Å². The maximum absolute atomic E-state index is 12.0. The van der Waals surface area contributed by atoms with E-state index in [1.54, 1.807) is 18.2 Å². The van der Waals surface area contributed by atoms with Crippen molar-refractivity contribution in [1.82, 2.24) is 5.32 Å². The smallest absolute Gasteiger partial charge is 0.287 e. The van der Waals surface area contributed by atoms with E-state index in [4.69, 9.17) is 8.83 Å². The van der Waals surface area contributed by atoms with Crippen LogP contribution in [0.1, 0.15) is 28.8 Å². The Hall–Kier alpha value is -2.53. The van der Waals surface area contributed by atoms with Crippen LogP contribution in [0, 0.1) is 0 Å². The van der Waals surface area contributed by atoms with Gasteiger partial charge in [-0.1, -0.05) is 18.2 Å². The molecule has 1 aromatic carbocycles. The summed E-state index contributed by atoms with van der Waals surface area (Å²) in [4.78, 5) is 12.0. The van der Waals surface area contributed by atoms with E-state index < -0.39 is 6.10 Å². The fourth-order valence-corrected chi connectivity index (χ4v) is 2.13. The van der Waals surface area contributed by atoms with Crippen molar-refractivity contribution in [3.63, 3.8) is 0 Å². The van der Waals surface area contributed by atoms with E-state index in [2.05, 4.69) is 5.32 Å². The molecule has 0 aliphatic heterocycles. The molecule has 0 fully saturated rings. The minimum Gasteiger partial charge on any atom is -0.467 e. The number of aliphatic hydroxyl groups is 1. The fourth-order valence-electron chi connectivity index (χ4n) is 2.13. The van der Waals surface area contributed by atoms with Crippen molar-refractivity contribution < 1.29 is 18.7 Å². The summed E-state index contributed by atoms with van der Waals surface area (Å²) < 4.78 is 10.6. The number of fused-ring (bicyclic) bond motifs is 1. The van der Waals surface area contributed by atoms with Crippen LogP contribution in [0.3, 0.4) is 0 Å². The van der Waals surface area contributed by atoms with Gasteiger partial charge in [-0.15, -0.1) is 0 Å². The summed E-state index contributed by atoms with van der Waals surface area (Å²) in [7, 11) is 0. The van der Waals surface area contributed by atoms with E-state index in [1.165, 1.54) is 6.26 Å². The van der Waals surface area contributed by atoms with Gasteiger partial charge in [-0.25, -0.2) is 0 Å². The summed E-state index contributed by atoms with van der Waals surface area (Å²) in [6, 6.07) is 12.6. The highest BCUT2D eigenvalue weighted by Crippen LogP contribution is 2.19. The molecule has 0 aliphatic rings. The van der Waals surface area contributed by atoms with Gasteiger partial charge in [-0.05, 0) is 30.7 Å². The minimum absolute atomic E-state index is 0.267. The number of furan rings is 2. The van der Waals surface area contributed by atoms with E-state index >= 15 is 0 Å². The second-order valence-electron chi connectivity index (χ2n) is 4.72. The van der Waals surface area contributed by atoms with Gasteiger partial charge in [0.05, 0.1) is 6.26 Å². The van der Waals surface area contributed by atoms with Crippen LogP contribution in [-0.4, -0.2) is 17.6 Å². The third kappa shape index (κ3) is 2.98. The van der Waals surface area contributed by atoms with Crippen molar-refractivity contribution in [3.05, 3.63) is 60.2 Å². The molecule has 2 heterocycles. The zero-order valence-corrected chi connectivity index (χ0v) is 11.3. The van der Waals surface area contributed by atoms with Gasteiger partial charge < -0.3 is 19.3 Å². The second-order valence-corrected chi connectivity index (χ2v) is 4.72. The standard InChI is InChI=1S/C16H15NO4/c18-12(14-6-3-9-20-14)7-8-17-16(19)15-10-11-4-1-2-5-13(11)21-15/h1-6,9-10,12,18H,7-8H2,(H,17,19)/t12-/m0/s1. The molecule has 0 saturated heterocycles. The molecule has 5 heteroatoms. The molecule has 0 unspecified atom stereocenters. The molecule has 1 atom stereocenters. The van der Waals surface area contributed by atoms with Crippen LogP contribution in [0.25, 0.3) is 11.0 Å². The zero-order chi connectivity index (χ0) is 14.7. The molecule has 3 rings (SSSR count). The average molecular weight is 285 g/mol. The van der Waals surface area contributed by atoms with E-state index in [0.29, 0.717) is 24.3 Å². The number of hydrogen-bond acceptors (Lipinski definition) is 4. The SMILES string of the molecule is O=C(NCC[C@H](O)c1ccco1)c1cc2ccccc2o1. The van der Waals surface area contributed by atoms with Crippen molar-refractivity contribution in [2.45, 2.75) is 12.5 Å². The Bertz CT molecular complexity index is 697. The third-order valence-electron chi connectivity index (χ3n) is 3.22. The molecule has 5 nitrogen and oxygen atoms in total. The van der Waals surface area contributed by atoms with Gasteiger partial charge in [0.2, 0.25) is 0 Å². The quantitative estimate of drug-likeness (QED) is 0.755. The highest BCUT2D eigenvalue weighted by atomic mass is 16.4. The van der Waals surface area contributed by atoms with Crippen LogP contribution in [0.2, 0.25) is 0 Å². The highest BCUT2D eigenvalue weighted by molar-refractivity contribution is 5.95. The lowest BCUT2D eigenvalue weighted by atomic mass is 10.2. The van der Waals surface area contributed by atoms with Crippen LogP contribution in [0.4, 0.5) is 0 Å². The molecular formula is C16H15NO4. The molecular weight excluding hydrogens is 270 g/mol. The number of para-hydroxylation sites is 1. The summed E-state index contributed by atoms with van der Waals surface area (Å²) in [6.07, 6.45) is 1.15. The summed E-state index contributed by atoms with van der Waals surface area (Å²) in [6.45, 7) is 0.331. The molecule has 0 radical (unpaired) electrons. The summed E-state index contributed by atoms with van der Waals surface area (Å²) in [5.41, 5.74) is 0.679. The lowest BCUT2D eigenvalue weighted by molar-refractivity contribution is 0.0911. The molecule has 3 aromatic rings. The number of rotatable bonds is 5. The number of aliphatic hydroxyl groups excluding tert-OH is 1. The van der Waals surface area contributed by atoms with Crippen molar-refractivity contribution in [1.29, 1.82) is 0 Å². The van der Waals surface area contributed by atoms with E-state index in [1.807, 2.05) is 24.3 Å². The van der Waals surface area contributed by atoms with Crippen molar-refractivity contribution in [2.24, 2.45) is 0 Å². The molecule has 2 N–H and O–H groups in total. The summed E-state index contributed by atoms with van der Waals surface area (Å²) in [5.74, 6) is 0.467. The molecule has 1 amide bonds. The van der Waals surface area contributed by atoms with E-state index in [0.717, 1.165) is 5.39 Å². The van der Waals surface area contributed by atoms with Crippen molar-refractivity contribution in [2.75, 3.05) is 6.54 Å². The number of hydrogen-bond donors (Lipinski definition) is 2. The Morgan fingerprint density at radius 2 is 2.10 bits per heavy atom. The van der Waals surface area contributed by atoms with Gasteiger partial charge >= 0.3 is 0 Å². The number of carbonyl (C=O) groups excluding carboxylic acids is 1. The molecule has 2 aromatic heterocycles. The molecule has 0 saturated carbocycles. The lowest BCUT2D eigenvalue weighted by Crippen LogP contribution is -2.25. The fraction of sp³-hybridized carbons (Fsp3) is 0.188. The number of amides is 1. The average Bonchev–Trinajstić information content (AvgIpc) is 3.16. The topological polar surface area (TPSA) is 75.6 Å². The monoisotopic (exact) mass is 285 g/mol. The van der Waals surface area contributed by atoms with Gasteiger partial charge in [-0.2, -0.15) is 0 Å². The van der Waals surface area contributed by atoms with Crippen LogP contribution in [-0.2, 0) is 0 Å². The molecule has 0 aliphatic carbocycles. The predicted molar refractivity (Wildman–Crippen MR) is 76.8 cm³/mol. The van der Waals surface area contributed by atoms with Gasteiger partial charge in [0.15, 0.2) is 5.76 Å². The van der Waals surface area contributed by atoms with Crippen LogP contribution in [0.5, 0.6) is 0 Å². The molecule has 108 valence electrons. The first kappa shape index (κ1) is 13.5. The number of carbonyl (C=O) groups is 1. The Labute approximate surface area is 121 Å². The highest BCUT2D eigenvalue weighted by Gasteiger charge is 2.14. The molecule has 0 bridgehead atoms. The van der Waals surface area contributed by atoms with E-state index in [9.17, 15) is 9.90 Å². The summed E-state index contributed by atoms with van der Waals surface area (Å²) in [5, 5.41) is 13.4. The predicted octanol–water partition coefficient (Wildman–Crippen LogP) is 2.88. The van der Waals surface area contributed by atoms with Crippen LogP contribution < -0.4 is 5.32 Å². The minimum atomic E-state index is -0.726. The lowest BCUT2D eigenvalue weighted by Gasteiger charge is -2.07. The Morgan fingerprint density at radius 3 is 2.86 bits per heavy atom. The van der Waals surface area contributed by atoms with Gasteiger partial charge in [0.1, 0.15) is 17.4 Å². The van der Waals surface area contributed by atoms with Crippen LogP contribution >= 0.6 is 0 Å². The first-order chi connectivity index (χ1) is 10.2. The van der Waals surface area contributed by atoms with Crippen molar-refractivity contribution in [3.8, 4) is 0 Å².